The smallest absolute Gasteiger partial charge is 0.213 e. The number of hydrogen-bond acceptors (Lipinski definition) is 11. The molecule has 1 aliphatic rings. The van der Waals surface area contributed by atoms with E-state index in [-0.39, 0.29) is 5.88 Å². The van der Waals surface area contributed by atoms with Crippen molar-refractivity contribution in [3.63, 3.8) is 0 Å². The molecule has 0 spiro atoms. The summed E-state index contributed by atoms with van der Waals surface area (Å²) in [5.41, 5.74) is 4.43. The van der Waals surface area contributed by atoms with E-state index in [2.05, 4.69) is 30.2 Å². The van der Waals surface area contributed by atoms with Crippen LogP contribution in [0, 0.1) is 6.92 Å². The minimum atomic E-state index is -2.08. The van der Waals surface area contributed by atoms with Crippen LogP contribution in [0.2, 0.25) is 0 Å². The molecule has 0 aromatic carbocycles. The van der Waals surface area contributed by atoms with Gasteiger partial charge in [0.2, 0.25) is 5.88 Å². The normalized spacial score (nSPS) is 15.3. The number of piperazine rings is 1. The number of hydrogen-bond donors (Lipinski definition) is 2. The molecule has 35 heavy (non-hydrogen) atoms. The molecule has 4 aromatic rings. The van der Waals surface area contributed by atoms with Crippen molar-refractivity contribution in [1.82, 2.24) is 34.8 Å². The van der Waals surface area contributed by atoms with Gasteiger partial charge in [0, 0.05) is 37.8 Å². The molecule has 182 valence electrons. The van der Waals surface area contributed by atoms with Gasteiger partial charge in [-0.3, -0.25) is 9.11 Å². The van der Waals surface area contributed by atoms with Gasteiger partial charge in [0.05, 0.1) is 43.1 Å². The van der Waals surface area contributed by atoms with Crippen LogP contribution in [0.1, 0.15) is 5.82 Å². The highest BCUT2D eigenvalue weighted by Gasteiger charge is 2.21. The summed E-state index contributed by atoms with van der Waals surface area (Å²) < 4.78 is 27.3. The van der Waals surface area contributed by atoms with E-state index in [1.807, 2.05) is 30.2 Å². The molecule has 4 aromatic heterocycles. The van der Waals surface area contributed by atoms with Crippen LogP contribution < -0.4 is 15.0 Å². The molecule has 0 saturated carbocycles. The van der Waals surface area contributed by atoms with Crippen molar-refractivity contribution >= 4 is 39.4 Å². The van der Waals surface area contributed by atoms with E-state index in [9.17, 15) is 8.76 Å². The summed E-state index contributed by atoms with van der Waals surface area (Å²) in [4.78, 5) is 29.7. The lowest BCUT2D eigenvalue weighted by Gasteiger charge is -2.36. The number of H-pyrrole nitrogens is 1. The Morgan fingerprint density at radius 2 is 1.97 bits per heavy atom. The first-order valence-corrected chi connectivity index (χ1v) is 12.2. The van der Waals surface area contributed by atoms with Crippen LogP contribution in [-0.4, -0.2) is 82.7 Å². The molecule has 0 amide bonds. The number of aromatic nitrogens is 6. The molecule has 1 saturated heterocycles. The van der Waals surface area contributed by atoms with Crippen LogP contribution in [0.5, 0.6) is 5.88 Å². The second-order valence-electron chi connectivity index (χ2n) is 8.06. The molecule has 0 radical (unpaired) electrons. The third-order valence-electron chi connectivity index (χ3n) is 5.76. The number of ether oxygens (including phenoxy) is 1. The van der Waals surface area contributed by atoms with Crippen molar-refractivity contribution in [2.75, 3.05) is 49.4 Å². The van der Waals surface area contributed by atoms with Crippen molar-refractivity contribution in [3.8, 4) is 17.1 Å². The number of aryl methyl sites for hydroxylation is 1. The zero-order valence-electron chi connectivity index (χ0n) is 19.3. The highest BCUT2D eigenvalue weighted by molar-refractivity contribution is 7.79. The Morgan fingerprint density at radius 1 is 1.14 bits per heavy atom. The van der Waals surface area contributed by atoms with Gasteiger partial charge in [-0.1, -0.05) is 0 Å². The van der Waals surface area contributed by atoms with Gasteiger partial charge in [0.25, 0.3) is 0 Å². The number of fused-ring (bicyclic) bond motifs is 1. The monoisotopic (exact) mass is 494 g/mol. The van der Waals surface area contributed by atoms with E-state index in [0.717, 1.165) is 16.9 Å². The number of pyridine rings is 2. The molecule has 13 heteroatoms. The number of rotatable bonds is 7. The number of imidazole rings is 1. The van der Waals surface area contributed by atoms with Gasteiger partial charge < -0.3 is 24.5 Å². The van der Waals surface area contributed by atoms with Crippen LogP contribution >= 0.6 is 0 Å². The maximum Gasteiger partial charge on any atom is 0.213 e. The van der Waals surface area contributed by atoms with Gasteiger partial charge in [-0.05, 0) is 30.1 Å². The van der Waals surface area contributed by atoms with E-state index in [4.69, 9.17) is 14.7 Å². The largest absolute Gasteiger partial charge is 0.771 e. The van der Waals surface area contributed by atoms with Crippen LogP contribution in [0.4, 0.5) is 17.2 Å². The average Bonchev–Trinajstić information content (AvgIpc) is 3.33. The van der Waals surface area contributed by atoms with Crippen molar-refractivity contribution < 1.29 is 13.5 Å². The Hall–Kier alpha value is -3.68. The molecule has 1 aliphatic heterocycles. The molecule has 5 rings (SSSR count). The van der Waals surface area contributed by atoms with E-state index in [1.54, 1.807) is 25.7 Å². The fourth-order valence-electron chi connectivity index (χ4n) is 4.04. The lowest BCUT2D eigenvalue weighted by molar-refractivity contribution is 0.291. The third kappa shape index (κ3) is 5.06. The van der Waals surface area contributed by atoms with Crippen LogP contribution in [0.15, 0.2) is 36.9 Å². The molecular formula is C22H24N9O3S-. The second kappa shape index (κ2) is 9.90. The SMILES string of the molecule is COc1ccc(Nc2ncc(N3CCN(CS(=O)[O-])CC3)cc2-c2nc(C)nc3nc[nH]c23)cn1. The zero-order chi connectivity index (χ0) is 24.4. The Labute approximate surface area is 204 Å². The summed E-state index contributed by atoms with van der Waals surface area (Å²) in [6, 6.07) is 5.67. The third-order valence-corrected chi connectivity index (χ3v) is 6.34. The van der Waals surface area contributed by atoms with Gasteiger partial charge in [-0.25, -0.2) is 24.9 Å². The van der Waals surface area contributed by atoms with Crippen molar-refractivity contribution in [2.24, 2.45) is 0 Å². The summed E-state index contributed by atoms with van der Waals surface area (Å²) in [7, 11) is 1.57. The number of aromatic amines is 1. The average molecular weight is 495 g/mol. The van der Waals surface area contributed by atoms with E-state index < -0.39 is 11.1 Å². The second-order valence-corrected chi connectivity index (χ2v) is 8.93. The molecule has 1 fully saturated rings. The Kier molecular flexibility index (Phi) is 6.53. The van der Waals surface area contributed by atoms with Crippen molar-refractivity contribution in [2.45, 2.75) is 6.92 Å². The predicted molar refractivity (Wildman–Crippen MR) is 131 cm³/mol. The minimum absolute atomic E-state index is 0.0497. The topological polar surface area (TPSA) is 148 Å². The number of methoxy groups -OCH3 is 1. The van der Waals surface area contributed by atoms with Crippen LogP contribution in [-0.2, 0) is 11.1 Å². The van der Waals surface area contributed by atoms with Gasteiger partial charge in [0.15, 0.2) is 5.65 Å². The number of nitrogens with one attached hydrogen (secondary N) is 2. The quantitative estimate of drug-likeness (QED) is 0.362. The van der Waals surface area contributed by atoms with Gasteiger partial charge in [-0.15, -0.1) is 0 Å². The van der Waals surface area contributed by atoms with E-state index in [0.29, 0.717) is 60.6 Å². The molecule has 12 nitrogen and oxygen atoms in total. The van der Waals surface area contributed by atoms with E-state index >= 15 is 0 Å². The molecule has 5 heterocycles. The molecule has 1 unspecified atom stereocenters. The van der Waals surface area contributed by atoms with Crippen LogP contribution in [0.3, 0.4) is 0 Å². The highest BCUT2D eigenvalue weighted by Crippen LogP contribution is 2.34. The predicted octanol–water partition coefficient (Wildman–Crippen LogP) is 1.83. The van der Waals surface area contributed by atoms with Crippen LogP contribution in [0.25, 0.3) is 22.4 Å². The highest BCUT2D eigenvalue weighted by atomic mass is 32.2. The summed E-state index contributed by atoms with van der Waals surface area (Å²) in [5.74, 6) is 1.77. The van der Waals surface area contributed by atoms with Crippen molar-refractivity contribution in [1.29, 1.82) is 0 Å². The lowest BCUT2D eigenvalue weighted by Crippen LogP contribution is -2.47. The fraction of sp³-hybridized carbons (Fsp3) is 0.318. The van der Waals surface area contributed by atoms with E-state index in [1.165, 1.54) is 0 Å². The first-order valence-electron chi connectivity index (χ1n) is 11.0. The lowest BCUT2D eigenvalue weighted by atomic mass is 10.1. The summed E-state index contributed by atoms with van der Waals surface area (Å²) in [5, 5.41) is 3.34. The molecule has 2 N–H and O–H groups in total. The number of anilines is 3. The summed E-state index contributed by atoms with van der Waals surface area (Å²) in [6.45, 7) is 4.51. The first-order chi connectivity index (χ1) is 17.0. The molecule has 0 aliphatic carbocycles. The molecule has 0 bridgehead atoms. The Bertz CT molecular complexity index is 1350. The minimum Gasteiger partial charge on any atom is -0.771 e. The summed E-state index contributed by atoms with van der Waals surface area (Å²) in [6.07, 6.45) is 5.08. The Morgan fingerprint density at radius 3 is 2.69 bits per heavy atom. The standard InChI is InChI=1S/C22H25N9O3S/c1-14-27-19(20-22(28-14)26-12-25-20)17-9-16(31-7-5-30(6-8-31)13-35(32)33)11-24-21(17)29-15-3-4-18(34-2)23-10-15/h3-4,9-12H,5-8,13H2,1-2H3,(H,24,29)(H,32,33)(H,25,26,27,28)/p-1. The van der Waals surface area contributed by atoms with Crippen molar-refractivity contribution in [3.05, 3.63) is 42.7 Å². The first kappa shape index (κ1) is 23.1. The van der Waals surface area contributed by atoms with Gasteiger partial charge in [-0.2, -0.15) is 0 Å². The molecular weight excluding hydrogens is 470 g/mol. The van der Waals surface area contributed by atoms with Gasteiger partial charge in [0.1, 0.15) is 22.9 Å². The summed E-state index contributed by atoms with van der Waals surface area (Å²) >= 11 is -2.08. The molecule has 1 atom stereocenters. The Balaban J connectivity index is 1.52. The maximum atomic E-state index is 11.1. The van der Waals surface area contributed by atoms with Gasteiger partial charge >= 0.3 is 0 Å². The zero-order valence-corrected chi connectivity index (χ0v) is 20.1. The maximum absolute atomic E-state index is 11.1. The fourth-order valence-corrected chi connectivity index (χ4v) is 4.60. The number of nitrogens with zero attached hydrogens (tertiary/aromatic N) is 7.